The minimum Gasteiger partial charge on any atom is -0.313 e. The molecule has 0 aromatic heterocycles. The SMILES string of the molecule is CC1CCC(NCC(C)c2ccccc2)C1. The maximum absolute atomic E-state index is 3.71. The van der Waals surface area contributed by atoms with Gasteiger partial charge in [0.05, 0.1) is 0 Å². The van der Waals surface area contributed by atoms with E-state index >= 15 is 0 Å². The average Bonchev–Trinajstić information content (AvgIpc) is 2.73. The van der Waals surface area contributed by atoms with Gasteiger partial charge in [-0.15, -0.1) is 0 Å². The zero-order valence-electron chi connectivity index (χ0n) is 10.4. The number of benzene rings is 1. The Morgan fingerprint density at radius 3 is 2.62 bits per heavy atom. The quantitative estimate of drug-likeness (QED) is 0.813. The first-order valence-electron chi connectivity index (χ1n) is 6.54. The third-order valence-electron chi connectivity index (χ3n) is 3.78. The summed E-state index contributed by atoms with van der Waals surface area (Å²) in [6.45, 7) is 5.78. The zero-order chi connectivity index (χ0) is 11.4. The molecule has 1 nitrogen and oxygen atoms in total. The molecule has 88 valence electrons. The van der Waals surface area contributed by atoms with Crippen LogP contribution in [0.2, 0.25) is 0 Å². The molecule has 0 spiro atoms. The summed E-state index contributed by atoms with van der Waals surface area (Å²) in [6, 6.07) is 11.6. The van der Waals surface area contributed by atoms with E-state index in [4.69, 9.17) is 0 Å². The molecule has 1 N–H and O–H groups in total. The summed E-state index contributed by atoms with van der Waals surface area (Å²) >= 11 is 0. The van der Waals surface area contributed by atoms with E-state index in [9.17, 15) is 0 Å². The van der Waals surface area contributed by atoms with E-state index in [0.29, 0.717) is 5.92 Å². The third-order valence-corrected chi connectivity index (χ3v) is 3.78. The average molecular weight is 217 g/mol. The number of hydrogen-bond donors (Lipinski definition) is 1. The molecule has 2 rings (SSSR count). The normalized spacial score (nSPS) is 26.9. The first kappa shape index (κ1) is 11.7. The molecule has 0 heterocycles. The fourth-order valence-electron chi connectivity index (χ4n) is 2.64. The van der Waals surface area contributed by atoms with Crippen LogP contribution in [0.3, 0.4) is 0 Å². The van der Waals surface area contributed by atoms with Crippen LogP contribution in [0, 0.1) is 5.92 Å². The third kappa shape index (κ3) is 3.08. The van der Waals surface area contributed by atoms with Crippen molar-refractivity contribution in [3.63, 3.8) is 0 Å². The smallest absolute Gasteiger partial charge is 0.00699 e. The monoisotopic (exact) mass is 217 g/mol. The molecule has 3 unspecified atom stereocenters. The van der Waals surface area contributed by atoms with E-state index in [1.54, 1.807) is 0 Å². The van der Waals surface area contributed by atoms with Gasteiger partial charge in [-0.3, -0.25) is 0 Å². The van der Waals surface area contributed by atoms with Crippen molar-refractivity contribution in [1.29, 1.82) is 0 Å². The largest absolute Gasteiger partial charge is 0.313 e. The Morgan fingerprint density at radius 2 is 2.00 bits per heavy atom. The predicted octanol–water partition coefficient (Wildman–Crippen LogP) is 3.57. The van der Waals surface area contributed by atoms with Gasteiger partial charge in [-0.1, -0.05) is 44.2 Å². The molecule has 1 aromatic carbocycles. The van der Waals surface area contributed by atoms with Gasteiger partial charge in [0.1, 0.15) is 0 Å². The van der Waals surface area contributed by atoms with Gasteiger partial charge >= 0.3 is 0 Å². The Morgan fingerprint density at radius 1 is 1.25 bits per heavy atom. The van der Waals surface area contributed by atoms with E-state index in [0.717, 1.165) is 18.5 Å². The van der Waals surface area contributed by atoms with Crippen molar-refractivity contribution in [1.82, 2.24) is 5.32 Å². The van der Waals surface area contributed by atoms with Crippen molar-refractivity contribution in [2.75, 3.05) is 6.54 Å². The molecule has 1 aromatic rings. The van der Waals surface area contributed by atoms with Crippen LogP contribution in [0.1, 0.15) is 44.6 Å². The van der Waals surface area contributed by atoms with Gasteiger partial charge in [0, 0.05) is 12.6 Å². The summed E-state index contributed by atoms with van der Waals surface area (Å²) in [7, 11) is 0. The summed E-state index contributed by atoms with van der Waals surface area (Å²) in [6.07, 6.45) is 4.13. The molecule has 0 bridgehead atoms. The lowest BCUT2D eigenvalue weighted by Gasteiger charge is -2.17. The van der Waals surface area contributed by atoms with Crippen LogP contribution in [0.25, 0.3) is 0 Å². The van der Waals surface area contributed by atoms with Crippen LogP contribution < -0.4 is 5.32 Å². The van der Waals surface area contributed by atoms with E-state index in [2.05, 4.69) is 49.5 Å². The summed E-state index contributed by atoms with van der Waals surface area (Å²) in [5.41, 5.74) is 1.45. The lowest BCUT2D eigenvalue weighted by Crippen LogP contribution is -2.30. The van der Waals surface area contributed by atoms with Gasteiger partial charge in [-0.25, -0.2) is 0 Å². The topological polar surface area (TPSA) is 12.0 Å². The van der Waals surface area contributed by atoms with Crippen LogP contribution in [0.5, 0.6) is 0 Å². The molecule has 1 aliphatic rings. The van der Waals surface area contributed by atoms with E-state index in [1.165, 1.54) is 24.8 Å². The predicted molar refractivity (Wildman–Crippen MR) is 69.7 cm³/mol. The van der Waals surface area contributed by atoms with E-state index in [-0.39, 0.29) is 0 Å². The minimum atomic E-state index is 0.622. The van der Waals surface area contributed by atoms with Crippen LogP contribution in [-0.4, -0.2) is 12.6 Å². The molecule has 16 heavy (non-hydrogen) atoms. The van der Waals surface area contributed by atoms with Crippen molar-refractivity contribution in [3.8, 4) is 0 Å². The van der Waals surface area contributed by atoms with Gasteiger partial charge in [0.15, 0.2) is 0 Å². The highest BCUT2D eigenvalue weighted by Gasteiger charge is 2.21. The second kappa shape index (κ2) is 5.49. The van der Waals surface area contributed by atoms with Gasteiger partial charge in [-0.05, 0) is 36.7 Å². The van der Waals surface area contributed by atoms with Gasteiger partial charge in [0.25, 0.3) is 0 Å². The number of rotatable bonds is 4. The Hall–Kier alpha value is -0.820. The lowest BCUT2D eigenvalue weighted by molar-refractivity contribution is 0.484. The molecule has 0 saturated heterocycles. The molecule has 1 saturated carbocycles. The Labute approximate surface area is 99.3 Å². The first-order valence-corrected chi connectivity index (χ1v) is 6.54. The van der Waals surface area contributed by atoms with Crippen molar-refractivity contribution in [3.05, 3.63) is 35.9 Å². The van der Waals surface area contributed by atoms with Crippen molar-refractivity contribution in [2.24, 2.45) is 5.92 Å². The van der Waals surface area contributed by atoms with E-state index in [1.807, 2.05) is 0 Å². The molecule has 0 radical (unpaired) electrons. The molecule has 1 heteroatoms. The Bertz CT molecular complexity index is 306. The summed E-state index contributed by atoms with van der Waals surface area (Å²) in [5.74, 6) is 1.54. The highest BCUT2D eigenvalue weighted by atomic mass is 14.9. The lowest BCUT2D eigenvalue weighted by atomic mass is 10.0. The maximum Gasteiger partial charge on any atom is 0.00699 e. The molecule has 1 aliphatic carbocycles. The van der Waals surface area contributed by atoms with Gasteiger partial charge in [0.2, 0.25) is 0 Å². The fourth-order valence-corrected chi connectivity index (χ4v) is 2.64. The van der Waals surface area contributed by atoms with Crippen molar-refractivity contribution < 1.29 is 0 Å². The second-order valence-corrected chi connectivity index (χ2v) is 5.34. The summed E-state index contributed by atoms with van der Waals surface area (Å²) in [5, 5.41) is 3.71. The fraction of sp³-hybridized carbons (Fsp3) is 0.600. The second-order valence-electron chi connectivity index (χ2n) is 5.34. The Kier molecular flexibility index (Phi) is 4.00. The van der Waals surface area contributed by atoms with Crippen LogP contribution in [-0.2, 0) is 0 Å². The molecular formula is C15H23N. The van der Waals surface area contributed by atoms with Gasteiger partial charge < -0.3 is 5.32 Å². The highest BCUT2D eigenvalue weighted by Crippen LogP contribution is 2.25. The van der Waals surface area contributed by atoms with Crippen molar-refractivity contribution in [2.45, 2.75) is 45.1 Å². The van der Waals surface area contributed by atoms with Gasteiger partial charge in [-0.2, -0.15) is 0 Å². The first-order chi connectivity index (χ1) is 7.75. The maximum atomic E-state index is 3.71. The molecule has 0 amide bonds. The standard InChI is InChI=1S/C15H23N/c1-12-8-9-15(10-12)16-11-13(2)14-6-4-3-5-7-14/h3-7,12-13,15-16H,8-11H2,1-2H3. The zero-order valence-corrected chi connectivity index (χ0v) is 10.4. The van der Waals surface area contributed by atoms with Crippen LogP contribution >= 0.6 is 0 Å². The minimum absolute atomic E-state index is 0.622. The molecule has 3 atom stereocenters. The molecule has 1 fully saturated rings. The molecular weight excluding hydrogens is 194 g/mol. The number of nitrogens with one attached hydrogen (secondary N) is 1. The Balaban J connectivity index is 1.78. The molecule has 0 aliphatic heterocycles. The number of hydrogen-bond acceptors (Lipinski definition) is 1. The highest BCUT2D eigenvalue weighted by molar-refractivity contribution is 5.19. The summed E-state index contributed by atoms with van der Waals surface area (Å²) < 4.78 is 0. The van der Waals surface area contributed by atoms with Crippen LogP contribution in [0.15, 0.2) is 30.3 Å². The van der Waals surface area contributed by atoms with Crippen LogP contribution in [0.4, 0.5) is 0 Å². The van der Waals surface area contributed by atoms with Crippen molar-refractivity contribution >= 4 is 0 Å². The van der Waals surface area contributed by atoms with E-state index < -0.39 is 0 Å². The summed E-state index contributed by atoms with van der Waals surface area (Å²) in [4.78, 5) is 0.